The van der Waals surface area contributed by atoms with Gasteiger partial charge in [0, 0.05) is 17.8 Å². The molecule has 1 amide bonds. The van der Waals surface area contributed by atoms with Gasteiger partial charge in [0.25, 0.3) is 5.91 Å². The maximum atomic E-state index is 13.4. The molecule has 0 bridgehead atoms. The maximum absolute atomic E-state index is 13.4. The predicted molar refractivity (Wildman–Crippen MR) is 88.9 cm³/mol. The average Bonchev–Trinajstić information content (AvgIpc) is 2.56. The van der Waals surface area contributed by atoms with E-state index < -0.39 is 23.8 Å². The summed E-state index contributed by atoms with van der Waals surface area (Å²) in [5.41, 5.74) is 0.247. The van der Waals surface area contributed by atoms with Crippen LogP contribution in [0.3, 0.4) is 0 Å². The standard InChI is InChI=1S/C17H14ClFN2O3/c1-11(17(23)21-15-8-7-13(18)10-20-15)24-16(22)9-6-12-4-2-3-5-14(12)19/h2-11H,1H3,(H,20,21,23)/b9-6+/t11-/m1/s1. The molecular weight excluding hydrogens is 335 g/mol. The maximum Gasteiger partial charge on any atom is 0.331 e. The van der Waals surface area contributed by atoms with Gasteiger partial charge in [0.05, 0.1) is 5.02 Å². The molecule has 1 aromatic carbocycles. The van der Waals surface area contributed by atoms with Crippen LogP contribution < -0.4 is 5.32 Å². The zero-order valence-corrected chi connectivity index (χ0v) is 13.5. The van der Waals surface area contributed by atoms with Crippen LogP contribution in [0.1, 0.15) is 12.5 Å². The summed E-state index contributed by atoms with van der Waals surface area (Å²) in [6.07, 6.45) is 2.68. The number of nitrogens with zero attached hydrogens (tertiary/aromatic N) is 1. The van der Waals surface area contributed by atoms with Gasteiger partial charge in [0.2, 0.25) is 0 Å². The normalized spacial score (nSPS) is 12.0. The third-order valence-electron chi connectivity index (χ3n) is 2.95. The Morgan fingerprint density at radius 1 is 1.29 bits per heavy atom. The molecule has 0 radical (unpaired) electrons. The molecule has 7 heteroatoms. The lowest BCUT2D eigenvalue weighted by Crippen LogP contribution is -2.29. The first kappa shape index (κ1) is 17.6. The first-order valence-corrected chi connectivity index (χ1v) is 7.39. The first-order chi connectivity index (χ1) is 11.5. The fourth-order valence-electron chi connectivity index (χ4n) is 1.71. The summed E-state index contributed by atoms with van der Waals surface area (Å²) in [7, 11) is 0. The summed E-state index contributed by atoms with van der Waals surface area (Å²) >= 11 is 5.70. The number of benzene rings is 1. The number of halogens is 2. The van der Waals surface area contributed by atoms with Gasteiger partial charge in [0.15, 0.2) is 6.10 Å². The van der Waals surface area contributed by atoms with Crippen LogP contribution in [0.15, 0.2) is 48.7 Å². The summed E-state index contributed by atoms with van der Waals surface area (Å²) in [4.78, 5) is 27.5. The Morgan fingerprint density at radius 3 is 2.71 bits per heavy atom. The number of aromatic nitrogens is 1. The van der Waals surface area contributed by atoms with Gasteiger partial charge >= 0.3 is 5.97 Å². The van der Waals surface area contributed by atoms with Crippen LogP contribution in [0.25, 0.3) is 6.08 Å². The SMILES string of the molecule is C[C@@H](OC(=O)/C=C/c1ccccc1F)C(=O)Nc1ccc(Cl)cn1. The molecule has 0 saturated heterocycles. The number of hydrogen-bond acceptors (Lipinski definition) is 4. The Morgan fingerprint density at radius 2 is 2.04 bits per heavy atom. The number of carbonyl (C=O) groups is 2. The largest absolute Gasteiger partial charge is 0.449 e. The molecule has 0 unspecified atom stereocenters. The molecule has 5 nitrogen and oxygen atoms in total. The summed E-state index contributed by atoms with van der Waals surface area (Å²) in [5.74, 6) is -1.47. The van der Waals surface area contributed by atoms with Crippen LogP contribution in [-0.4, -0.2) is 23.0 Å². The molecule has 2 rings (SSSR count). The van der Waals surface area contributed by atoms with Crippen LogP contribution in [0.2, 0.25) is 5.02 Å². The smallest absolute Gasteiger partial charge is 0.331 e. The lowest BCUT2D eigenvalue weighted by molar-refractivity contribution is -0.148. The number of hydrogen-bond donors (Lipinski definition) is 1. The van der Waals surface area contributed by atoms with Gasteiger partial charge in [-0.05, 0) is 31.2 Å². The molecule has 1 atom stereocenters. The predicted octanol–water partition coefficient (Wildman–Crippen LogP) is 3.46. The Bertz CT molecular complexity index is 763. The second-order valence-electron chi connectivity index (χ2n) is 4.78. The van der Waals surface area contributed by atoms with E-state index in [9.17, 15) is 14.0 Å². The molecule has 0 fully saturated rings. The number of nitrogens with one attached hydrogen (secondary N) is 1. The van der Waals surface area contributed by atoms with Crippen molar-refractivity contribution in [2.75, 3.05) is 5.32 Å². The van der Waals surface area contributed by atoms with Crippen molar-refractivity contribution in [3.05, 3.63) is 65.1 Å². The van der Waals surface area contributed by atoms with Gasteiger partial charge in [-0.2, -0.15) is 0 Å². The number of pyridine rings is 1. The molecule has 124 valence electrons. The highest BCUT2D eigenvalue weighted by molar-refractivity contribution is 6.30. The molecule has 0 aliphatic carbocycles. The number of ether oxygens (including phenoxy) is 1. The number of carbonyl (C=O) groups excluding carboxylic acids is 2. The molecule has 0 aliphatic heterocycles. The second-order valence-corrected chi connectivity index (χ2v) is 5.22. The summed E-state index contributed by atoms with van der Waals surface area (Å²) in [6.45, 7) is 1.42. The summed E-state index contributed by atoms with van der Waals surface area (Å²) in [5, 5.41) is 2.92. The van der Waals surface area contributed by atoms with Crippen molar-refractivity contribution in [1.82, 2.24) is 4.98 Å². The third kappa shape index (κ3) is 5.17. The minimum atomic E-state index is -1.04. The highest BCUT2D eigenvalue weighted by Crippen LogP contribution is 2.11. The zero-order chi connectivity index (χ0) is 17.5. The van der Waals surface area contributed by atoms with Gasteiger partial charge in [-0.3, -0.25) is 4.79 Å². The number of esters is 1. The molecule has 0 saturated carbocycles. The lowest BCUT2D eigenvalue weighted by Gasteiger charge is -2.11. The molecule has 1 aromatic heterocycles. The summed E-state index contributed by atoms with van der Waals surface area (Å²) < 4.78 is 18.4. The van der Waals surface area contributed by atoms with Gasteiger partial charge < -0.3 is 10.1 Å². The number of anilines is 1. The highest BCUT2D eigenvalue weighted by atomic mass is 35.5. The van der Waals surface area contributed by atoms with Crippen LogP contribution in [-0.2, 0) is 14.3 Å². The fourth-order valence-corrected chi connectivity index (χ4v) is 1.82. The fraction of sp³-hybridized carbons (Fsp3) is 0.118. The van der Waals surface area contributed by atoms with Gasteiger partial charge in [-0.25, -0.2) is 14.2 Å². The molecule has 0 spiro atoms. The molecule has 0 aliphatic rings. The second kappa shape index (κ2) is 8.21. The van der Waals surface area contributed by atoms with Crippen molar-refractivity contribution >= 4 is 35.4 Å². The van der Waals surface area contributed by atoms with Crippen molar-refractivity contribution in [3.8, 4) is 0 Å². The quantitative estimate of drug-likeness (QED) is 0.663. The van der Waals surface area contributed by atoms with E-state index in [-0.39, 0.29) is 11.4 Å². The van der Waals surface area contributed by atoms with Crippen molar-refractivity contribution in [2.45, 2.75) is 13.0 Å². The zero-order valence-electron chi connectivity index (χ0n) is 12.7. The van der Waals surface area contributed by atoms with E-state index in [1.165, 1.54) is 37.4 Å². The molecular formula is C17H14ClFN2O3. The van der Waals surface area contributed by atoms with E-state index in [1.54, 1.807) is 18.2 Å². The minimum absolute atomic E-state index is 0.247. The Balaban J connectivity index is 1.90. The number of rotatable bonds is 5. The Labute approximate surface area is 143 Å². The molecule has 1 heterocycles. The van der Waals surface area contributed by atoms with E-state index in [0.717, 1.165) is 6.08 Å². The van der Waals surface area contributed by atoms with Crippen molar-refractivity contribution in [2.24, 2.45) is 0 Å². The van der Waals surface area contributed by atoms with Crippen LogP contribution in [0.4, 0.5) is 10.2 Å². The van der Waals surface area contributed by atoms with Crippen LogP contribution >= 0.6 is 11.6 Å². The molecule has 24 heavy (non-hydrogen) atoms. The van der Waals surface area contributed by atoms with E-state index in [4.69, 9.17) is 16.3 Å². The lowest BCUT2D eigenvalue weighted by atomic mass is 10.2. The minimum Gasteiger partial charge on any atom is -0.449 e. The van der Waals surface area contributed by atoms with E-state index >= 15 is 0 Å². The first-order valence-electron chi connectivity index (χ1n) is 7.01. The van der Waals surface area contributed by atoms with Crippen LogP contribution in [0.5, 0.6) is 0 Å². The summed E-state index contributed by atoms with van der Waals surface area (Å²) in [6, 6.07) is 9.07. The topological polar surface area (TPSA) is 68.3 Å². The van der Waals surface area contributed by atoms with E-state index in [1.807, 2.05) is 0 Å². The van der Waals surface area contributed by atoms with Crippen LogP contribution in [0, 0.1) is 5.82 Å². The highest BCUT2D eigenvalue weighted by Gasteiger charge is 2.17. The Kier molecular flexibility index (Phi) is 6.03. The van der Waals surface area contributed by atoms with Gasteiger partial charge in [0.1, 0.15) is 11.6 Å². The van der Waals surface area contributed by atoms with Crippen molar-refractivity contribution < 1.29 is 18.7 Å². The monoisotopic (exact) mass is 348 g/mol. The van der Waals surface area contributed by atoms with Gasteiger partial charge in [-0.15, -0.1) is 0 Å². The molecule has 2 aromatic rings. The Hall–Kier alpha value is -2.73. The number of amides is 1. The third-order valence-corrected chi connectivity index (χ3v) is 3.17. The molecule has 1 N–H and O–H groups in total. The van der Waals surface area contributed by atoms with Crippen molar-refractivity contribution in [1.29, 1.82) is 0 Å². The van der Waals surface area contributed by atoms with E-state index in [0.29, 0.717) is 5.02 Å². The van der Waals surface area contributed by atoms with Gasteiger partial charge in [-0.1, -0.05) is 29.8 Å². The average molecular weight is 349 g/mol. The van der Waals surface area contributed by atoms with E-state index in [2.05, 4.69) is 10.3 Å². The van der Waals surface area contributed by atoms with Crippen molar-refractivity contribution in [3.63, 3.8) is 0 Å².